The molecular formula is C28H30N2O2. The summed E-state index contributed by atoms with van der Waals surface area (Å²) in [5, 5.41) is 11.1. The molecule has 6 rings (SSSR count). The van der Waals surface area contributed by atoms with Gasteiger partial charge in [0.1, 0.15) is 0 Å². The van der Waals surface area contributed by atoms with Gasteiger partial charge in [-0.15, -0.1) is 0 Å². The first kappa shape index (κ1) is 20.0. The van der Waals surface area contributed by atoms with Crippen molar-refractivity contribution in [1.29, 1.82) is 0 Å². The summed E-state index contributed by atoms with van der Waals surface area (Å²) in [4.78, 5) is 6.90. The first-order chi connectivity index (χ1) is 15.7. The fraction of sp³-hybridized carbons (Fsp3) is 0.393. The van der Waals surface area contributed by atoms with Crippen molar-refractivity contribution in [3.8, 4) is 5.88 Å². The number of benzene rings is 2. The average Bonchev–Trinajstić information content (AvgIpc) is 3.36. The third-order valence-electron chi connectivity index (χ3n) is 8.14. The number of nitrogens with zero attached hydrogens (tertiary/aromatic N) is 2. The minimum atomic E-state index is -0.525. The summed E-state index contributed by atoms with van der Waals surface area (Å²) in [7, 11) is 1.62. The molecule has 0 amide bonds. The molecule has 2 aliphatic carbocycles. The second-order valence-corrected chi connectivity index (χ2v) is 9.67. The van der Waals surface area contributed by atoms with E-state index in [0.29, 0.717) is 11.8 Å². The summed E-state index contributed by atoms with van der Waals surface area (Å²) in [5.41, 5.74) is 7.04. The normalized spacial score (nSPS) is 25.4. The van der Waals surface area contributed by atoms with E-state index in [2.05, 4.69) is 58.4 Å². The second kappa shape index (κ2) is 7.72. The Morgan fingerprint density at radius 2 is 1.66 bits per heavy atom. The number of fused-ring (bicyclic) bond motifs is 8. The summed E-state index contributed by atoms with van der Waals surface area (Å²) >= 11 is 0. The molecule has 3 aliphatic rings. The van der Waals surface area contributed by atoms with Gasteiger partial charge >= 0.3 is 0 Å². The molecule has 1 aromatic heterocycles. The van der Waals surface area contributed by atoms with Crippen LogP contribution in [0.1, 0.15) is 59.1 Å². The summed E-state index contributed by atoms with van der Waals surface area (Å²) in [6, 6.07) is 22.0. The van der Waals surface area contributed by atoms with E-state index < -0.39 is 6.10 Å². The number of aliphatic hydroxyl groups excluding tert-OH is 1. The summed E-state index contributed by atoms with van der Waals surface area (Å²) in [6.45, 7) is 3.10. The molecule has 0 saturated carbocycles. The van der Waals surface area contributed by atoms with Crippen LogP contribution in [0.3, 0.4) is 0 Å². The van der Waals surface area contributed by atoms with Crippen LogP contribution in [0.5, 0.6) is 5.88 Å². The van der Waals surface area contributed by atoms with E-state index in [-0.39, 0.29) is 11.3 Å². The number of pyridine rings is 1. The van der Waals surface area contributed by atoms with Crippen molar-refractivity contribution in [3.63, 3.8) is 0 Å². The quantitative estimate of drug-likeness (QED) is 0.644. The Labute approximate surface area is 189 Å². The lowest BCUT2D eigenvalue weighted by atomic mass is 9.74. The van der Waals surface area contributed by atoms with Crippen LogP contribution >= 0.6 is 0 Å². The van der Waals surface area contributed by atoms with Crippen LogP contribution in [0.2, 0.25) is 0 Å². The van der Waals surface area contributed by atoms with Crippen LogP contribution in [0.25, 0.3) is 0 Å². The molecule has 1 atom stereocenters. The number of methoxy groups -OCH3 is 1. The highest BCUT2D eigenvalue weighted by Gasteiger charge is 2.53. The number of piperidine rings is 1. The fourth-order valence-corrected chi connectivity index (χ4v) is 6.67. The zero-order valence-corrected chi connectivity index (χ0v) is 18.6. The lowest BCUT2D eigenvalue weighted by Crippen LogP contribution is -2.44. The van der Waals surface area contributed by atoms with Gasteiger partial charge in [0.25, 0.3) is 0 Å². The number of ether oxygens (including phenoxy) is 1. The Balaban J connectivity index is 1.22. The number of aliphatic hydroxyl groups is 1. The SMILES string of the molecule is COc1ncccc1[C@@H](O)C1CCN(CC23CC(c4ccccc42)c2ccccc23)CC1. The third-order valence-corrected chi connectivity index (χ3v) is 8.14. The van der Waals surface area contributed by atoms with E-state index >= 15 is 0 Å². The van der Waals surface area contributed by atoms with Gasteiger partial charge in [-0.25, -0.2) is 4.98 Å². The Morgan fingerprint density at radius 1 is 1.00 bits per heavy atom. The maximum Gasteiger partial charge on any atom is 0.218 e. The summed E-state index contributed by atoms with van der Waals surface area (Å²) in [6.07, 6.45) is 4.36. The minimum absolute atomic E-state index is 0.107. The van der Waals surface area contributed by atoms with E-state index in [1.807, 2.05) is 12.1 Å². The summed E-state index contributed by atoms with van der Waals surface area (Å²) in [5.74, 6) is 1.32. The van der Waals surface area contributed by atoms with Crippen LogP contribution in [0.4, 0.5) is 0 Å². The van der Waals surface area contributed by atoms with Crippen LogP contribution in [-0.2, 0) is 5.41 Å². The zero-order chi connectivity index (χ0) is 21.7. The number of aromatic nitrogens is 1. The van der Waals surface area contributed by atoms with Gasteiger partial charge in [0.05, 0.1) is 13.2 Å². The molecule has 164 valence electrons. The molecule has 32 heavy (non-hydrogen) atoms. The van der Waals surface area contributed by atoms with Gasteiger partial charge in [-0.2, -0.15) is 0 Å². The van der Waals surface area contributed by atoms with E-state index in [1.165, 1.54) is 28.7 Å². The smallest absolute Gasteiger partial charge is 0.218 e. The summed E-state index contributed by atoms with van der Waals surface area (Å²) < 4.78 is 5.38. The molecule has 4 nitrogen and oxygen atoms in total. The molecule has 2 aromatic carbocycles. The number of rotatable bonds is 5. The fourth-order valence-electron chi connectivity index (χ4n) is 6.67. The molecule has 3 aromatic rings. The van der Waals surface area contributed by atoms with Crippen molar-refractivity contribution in [3.05, 3.63) is 94.7 Å². The van der Waals surface area contributed by atoms with Gasteiger partial charge in [-0.1, -0.05) is 48.5 Å². The topological polar surface area (TPSA) is 45.6 Å². The Hall–Kier alpha value is -2.69. The standard InChI is InChI=1S/C28H30N2O2/c1-32-27-22(9-6-14-29-27)26(31)19-12-15-30(16-13-19)18-28-17-23(20-7-2-4-10-24(20)28)21-8-3-5-11-25(21)28/h2-11,14,19,23,26,31H,12-13,15-18H2,1H3/t23?,26-,28?/m0/s1. The van der Waals surface area contributed by atoms with Crippen LogP contribution in [0, 0.1) is 5.92 Å². The Kier molecular flexibility index (Phi) is 4.81. The number of hydrogen-bond donors (Lipinski definition) is 1. The molecule has 1 fully saturated rings. The van der Waals surface area contributed by atoms with E-state index in [1.54, 1.807) is 13.3 Å². The van der Waals surface area contributed by atoms with Crippen molar-refractivity contribution < 1.29 is 9.84 Å². The van der Waals surface area contributed by atoms with Crippen molar-refractivity contribution in [1.82, 2.24) is 9.88 Å². The maximum absolute atomic E-state index is 11.1. The first-order valence-electron chi connectivity index (χ1n) is 11.8. The largest absolute Gasteiger partial charge is 0.481 e. The van der Waals surface area contributed by atoms with Gasteiger partial charge in [0.15, 0.2) is 0 Å². The molecule has 1 aliphatic heterocycles. The van der Waals surface area contributed by atoms with Crippen LogP contribution in [0.15, 0.2) is 66.9 Å². The molecule has 0 unspecified atom stereocenters. The molecule has 1 N–H and O–H groups in total. The molecule has 2 bridgehead atoms. The Morgan fingerprint density at radius 3 is 2.31 bits per heavy atom. The molecule has 0 spiro atoms. The highest BCUT2D eigenvalue weighted by Crippen LogP contribution is 2.60. The highest BCUT2D eigenvalue weighted by atomic mass is 16.5. The molecule has 2 heterocycles. The van der Waals surface area contributed by atoms with Gasteiger partial charge in [0, 0.05) is 29.6 Å². The van der Waals surface area contributed by atoms with Crippen molar-refractivity contribution in [2.75, 3.05) is 26.7 Å². The molecule has 1 saturated heterocycles. The van der Waals surface area contributed by atoms with Crippen LogP contribution in [-0.4, -0.2) is 41.7 Å². The lowest BCUT2D eigenvalue weighted by Gasteiger charge is -2.40. The molecule has 4 heteroatoms. The maximum atomic E-state index is 11.1. The van der Waals surface area contributed by atoms with Gasteiger partial charge < -0.3 is 14.7 Å². The number of likely N-dealkylation sites (tertiary alicyclic amines) is 1. The van der Waals surface area contributed by atoms with Crippen LogP contribution < -0.4 is 4.74 Å². The predicted octanol–water partition coefficient (Wildman–Crippen LogP) is 4.67. The van der Waals surface area contributed by atoms with Crippen molar-refractivity contribution in [2.24, 2.45) is 5.92 Å². The number of hydrogen-bond acceptors (Lipinski definition) is 4. The minimum Gasteiger partial charge on any atom is -0.481 e. The van der Waals surface area contributed by atoms with Gasteiger partial charge in [0.2, 0.25) is 5.88 Å². The van der Waals surface area contributed by atoms with E-state index in [9.17, 15) is 5.11 Å². The second-order valence-electron chi connectivity index (χ2n) is 9.67. The lowest BCUT2D eigenvalue weighted by molar-refractivity contribution is 0.0521. The van der Waals surface area contributed by atoms with Gasteiger partial charge in [-0.05, 0) is 72.7 Å². The third kappa shape index (κ3) is 2.93. The van der Waals surface area contributed by atoms with E-state index in [4.69, 9.17) is 4.74 Å². The molecular weight excluding hydrogens is 396 g/mol. The van der Waals surface area contributed by atoms with Gasteiger partial charge in [-0.3, -0.25) is 0 Å². The first-order valence-corrected chi connectivity index (χ1v) is 11.8. The highest BCUT2D eigenvalue weighted by molar-refractivity contribution is 5.62. The van der Waals surface area contributed by atoms with Crippen molar-refractivity contribution in [2.45, 2.75) is 36.7 Å². The average molecular weight is 427 g/mol. The Bertz CT molecular complexity index is 1090. The molecule has 0 radical (unpaired) electrons. The monoisotopic (exact) mass is 426 g/mol. The van der Waals surface area contributed by atoms with Crippen molar-refractivity contribution >= 4 is 0 Å². The zero-order valence-electron chi connectivity index (χ0n) is 18.6. The predicted molar refractivity (Wildman–Crippen MR) is 125 cm³/mol. The van der Waals surface area contributed by atoms with E-state index in [0.717, 1.165) is 38.0 Å².